The second-order valence-corrected chi connectivity index (χ2v) is 4.41. The first-order chi connectivity index (χ1) is 7.58. The third-order valence-corrected chi connectivity index (χ3v) is 3.13. The molecule has 1 aromatic carbocycles. The number of nitrogens with two attached hydrogens (primary N) is 1. The van der Waals surface area contributed by atoms with Crippen molar-refractivity contribution in [2.24, 2.45) is 5.73 Å². The Balaban J connectivity index is 2.07. The molecule has 16 heavy (non-hydrogen) atoms. The number of oxazole rings is 1. The van der Waals surface area contributed by atoms with Crippen molar-refractivity contribution < 1.29 is 9.52 Å². The van der Waals surface area contributed by atoms with E-state index in [0.29, 0.717) is 16.7 Å². The van der Waals surface area contributed by atoms with Gasteiger partial charge in [-0.2, -0.15) is 0 Å². The lowest BCUT2D eigenvalue weighted by molar-refractivity contribution is 0.136. The molecule has 0 radical (unpaired) electrons. The Kier molecular flexibility index (Phi) is 1.78. The second-order valence-electron chi connectivity index (χ2n) is 4.41. The summed E-state index contributed by atoms with van der Waals surface area (Å²) in [7, 11) is 0. The second kappa shape index (κ2) is 2.96. The van der Waals surface area contributed by atoms with Gasteiger partial charge in [0.05, 0.1) is 11.6 Å². The van der Waals surface area contributed by atoms with Gasteiger partial charge < -0.3 is 15.3 Å². The molecule has 1 unspecified atom stereocenters. The Morgan fingerprint density at radius 1 is 1.50 bits per heavy atom. The number of aliphatic hydroxyl groups is 1. The summed E-state index contributed by atoms with van der Waals surface area (Å²) in [5, 5.41) is 10.0. The molecule has 0 bridgehead atoms. The van der Waals surface area contributed by atoms with E-state index in [1.807, 2.05) is 0 Å². The van der Waals surface area contributed by atoms with Crippen LogP contribution in [-0.4, -0.2) is 15.6 Å². The number of hydrogen-bond donors (Lipinski definition) is 3. The van der Waals surface area contributed by atoms with Crippen molar-refractivity contribution in [2.75, 3.05) is 0 Å². The molecule has 1 aliphatic carbocycles. The first-order valence-corrected chi connectivity index (χ1v) is 5.18. The monoisotopic (exact) mass is 220 g/mol. The van der Waals surface area contributed by atoms with E-state index in [9.17, 15) is 9.90 Å². The summed E-state index contributed by atoms with van der Waals surface area (Å²) < 4.78 is 4.93. The number of nitrogens with one attached hydrogen (secondary N) is 1. The molecule has 1 fully saturated rings. The molecule has 5 nitrogen and oxygen atoms in total. The maximum absolute atomic E-state index is 11.0. The van der Waals surface area contributed by atoms with E-state index in [4.69, 9.17) is 10.2 Å². The number of hydrogen-bond acceptors (Lipinski definition) is 4. The minimum absolute atomic E-state index is 0.450. The standard InChI is InChI=1S/C11H12N2O3/c12-11(3-4-11)9(14)6-1-2-7-8(5-6)16-10(15)13-7/h1-2,5,9,14H,3-4,12H2,(H,13,15). The molecular formula is C11H12N2O3. The van der Waals surface area contributed by atoms with E-state index in [0.717, 1.165) is 12.8 Å². The van der Waals surface area contributed by atoms with Crippen LogP contribution in [0.15, 0.2) is 27.4 Å². The normalized spacial score (nSPS) is 19.9. The van der Waals surface area contributed by atoms with E-state index in [1.54, 1.807) is 18.2 Å². The molecule has 0 saturated heterocycles. The van der Waals surface area contributed by atoms with E-state index in [1.165, 1.54) is 0 Å². The maximum Gasteiger partial charge on any atom is 0.417 e. The lowest BCUT2D eigenvalue weighted by Crippen LogP contribution is -2.30. The molecule has 1 heterocycles. The summed E-state index contributed by atoms with van der Waals surface area (Å²) >= 11 is 0. The van der Waals surface area contributed by atoms with Gasteiger partial charge in [-0.25, -0.2) is 4.79 Å². The van der Waals surface area contributed by atoms with Crippen LogP contribution in [-0.2, 0) is 0 Å². The number of rotatable bonds is 2. The molecule has 1 atom stereocenters. The number of benzene rings is 1. The predicted octanol–water partition coefficient (Wildman–Crippen LogP) is 0.646. The zero-order valence-corrected chi connectivity index (χ0v) is 8.56. The van der Waals surface area contributed by atoms with E-state index in [2.05, 4.69) is 4.98 Å². The SMILES string of the molecule is NC1(C(O)c2ccc3[nH]c(=O)oc3c2)CC1. The van der Waals surface area contributed by atoms with Crippen LogP contribution in [0, 0.1) is 0 Å². The summed E-state index contributed by atoms with van der Waals surface area (Å²) in [6, 6.07) is 5.13. The van der Waals surface area contributed by atoms with Gasteiger partial charge in [0.2, 0.25) is 0 Å². The fourth-order valence-electron chi connectivity index (χ4n) is 1.88. The Morgan fingerprint density at radius 3 is 2.94 bits per heavy atom. The van der Waals surface area contributed by atoms with Crippen LogP contribution in [0.25, 0.3) is 11.1 Å². The first kappa shape index (κ1) is 9.62. The van der Waals surface area contributed by atoms with Gasteiger partial charge in [-0.05, 0) is 30.5 Å². The van der Waals surface area contributed by atoms with Crippen molar-refractivity contribution in [1.82, 2.24) is 4.98 Å². The van der Waals surface area contributed by atoms with Gasteiger partial charge in [0.1, 0.15) is 0 Å². The van der Waals surface area contributed by atoms with Crippen LogP contribution in [0.2, 0.25) is 0 Å². The van der Waals surface area contributed by atoms with Gasteiger partial charge in [-0.15, -0.1) is 0 Å². The highest BCUT2D eigenvalue weighted by Gasteiger charge is 2.45. The van der Waals surface area contributed by atoms with E-state index in [-0.39, 0.29) is 0 Å². The Labute approximate surface area is 90.9 Å². The van der Waals surface area contributed by atoms with Crippen LogP contribution < -0.4 is 11.5 Å². The fraction of sp³-hybridized carbons (Fsp3) is 0.364. The number of H-pyrrole nitrogens is 1. The van der Waals surface area contributed by atoms with Crippen molar-refractivity contribution in [3.05, 3.63) is 34.3 Å². The van der Waals surface area contributed by atoms with Crippen molar-refractivity contribution in [2.45, 2.75) is 24.5 Å². The fourth-order valence-corrected chi connectivity index (χ4v) is 1.88. The minimum Gasteiger partial charge on any atom is -0.408 e. The van der Waals surface area contributed by atoms with E-state index >= 15 is 0 Å². The molecule has 0 spiro atoms. The maximum atomic E-state index is 11.0. The average Bonchev–Trinajstić information content (AvgIpc) is 2.89. The van der Waals surface area contributed by atoms with Gasteiger partial charge in [0, 0.05) is 5.54 Å². The Morgan fingerprint density at radius 2 is 2.25 bits per heavy atom. The third-order valence-electron chi connectivity index (χ3n) is 3.13. The zero-order chi connectivity index (χ0) is 11.3. The van der Waals surface area contributed by atoms with Crippen LogP contribution in [0.5, 0.6) is 0 Å². The minimum atomic E-state index is -0.697. The predicted molar refractivity (Wildman–Crippen MR) is 57.9 cm³/mol. The van der Waals surface area contributed by atoms with Crippen molar-refractivity contribution in [1.29, 1.82) is 0 Å². The quantitative estimate of drug-likeness (QED) is 0.692. The molecule has 4 N–H and O–H groups in total. The van der Waals surface area contributed by atoms with Gasteiger partial charge in [-0.3, -0.25) is 4.98 Å². The lowest BCUT2D eigenvalue weighted by atomic mass is 10.0. The average molecular weight is 220 g/mol. The molecule has 3 rings (SSSR count). The summed E-state index contributed by atoms with van der Waals surface area (Å²) in [6.07, 6.45) is 0.948. The van der Waals surface area contributed by atoms with Crippen LogP contribution >= 0.6 is 0 Å². The van der Waals surface area contributed by atoms with Gasteiger partial charge in [0.25, 0.3) is 0 Å². The highest BCUT2D eigenvalue weighted by atomic mass is 16.4. The van der Waals surface area contributed by atoms with Gasteiger partial charge in [0.15, 0.2) is 5.58 Å². The topological polar surface area (TPSA) is 92.2 Å². The number of fused-ring (bicyclic) bond motifs is 1. The summed E-state index contributed by atoms with van der Waals surface area (Å²) in [4.78, 5) is 13.5. The molecule has 5 heteroatoms. The molecule has 1 aliphatic rings. The van der Waals surface area contributed by atoms with Gasteiger partial charge >= 0.3 is 5.76 Å². The van der Waals surface area contributed by atoms with Gasteiger partial charge in [-0.1, -0.05) is 6.07 Å². The summed E-state index contributed by atoms with van der Waals surface area (Å²) in [5.41, 5.74) is 7.19. The molecular weight excluding hydrogens is 208 g/mol. The van der Waals surface area contributed by atoms with Crippen molar-refractivity contribution >= 4 is 11.1 Å². The summed E-state index contributed by atoms with van der Waals surface area (Å²) in [6.45, 7) is 0. The molecule has 2 aromatic rings. The van der Waals surface area contributed by atoms with Crippen molar-refractivity contribution in [3.8, 4) is 0 Å². The first-order valence-electron chi connectivity index (χ1n) is 5.18. The Bertz CT molecular complexity index is 595. The highest BCUT2D eigenvalue weighted by molar-refractivity contribution is 5.72. The Hall–Kier alpha value is -1.59. The number of aromatic nitrogens is 1. The molecule has 0 aliphatic heterocycles. The molecule has 1 aromatic heterocycles. The van der Waals surface area contributed by atoms with E-state index < -0.39 is 17.4 Å². The highest BCUT2D eigenvalue weighted by Crippen LogP contribution is 2.43. The molecule has 84 valence electrons. The van der Waals surface area contributed by atoms with Crippen LogP contribution in [0.3, 0.4) is 0 Å². The number of aromatic amines is 1. The van der Waals surface area contributed by atoms with Crippen molar-refractivity contribution in [3.63, 3.8) is 0 Å². The number of aliphatic hydroxyl groups excluding tert-OH is 1. The lowest BCUT2D eigenvalue weighted by Gasteiger charge is -2.17. The largest absolute Gasteiger partial charge is 0.417 e. The molecule has 0 amide bonds. The van der Waals surface area contributed by atoms with Crippen LogP contribution in [0.4, 0.5) is 0 Å². The molecule has 1 saturated carbocycles. The third kappa shape index (κ3) is 1.36. The summed E-state index contributed by atoms with van der Waals surface area (Å²) in [5.74, 6) is -0.490. The zero-order valence-electron chi connectivity index (χ0n) is 8.56. The van der Waals surface area contributed by atoms with Crippen LogP contribution in [0.1, 0.15) is 24.5 Å². The smallest absolute Gasteiger partial charge is 0.408 e.